The average molecular weight is 241 g/mol. The van der Waals surface area contributed by atoms with Gasteiger partial charge in [0.25, 0.3) is 0 Å². The summed E-state index contributed by atoms with van der Waals surface area (Å²) in [5.41, 5.74) is -0.572. The lowest BCUT2D eigenvalue weighted by atomic mass is 10.1. The fraction of sp³-hybridized carbons (Fsp3) is 0.556. The van der Waals surface area contributed by atoms with Gasteiger partial charge in [0, 0.05) is 6.54 Å². The van der Waals surface area contributed by atoms with E-state index in [-0.39, 0.29) is 11.1 Å². The molecule has 1 aliphatic rings. The molecule has 0 spiro atoms. The molecule has 0 aromatic carbocycles. The van der Waals surface area contributed by atoms with Crippen molar-refractivity contribution < 1.29 is 4.92 Å². The number of nitrogens with zero attached hydrogens (tertiary/aromatic N) is 3. The van der Waals surface area contributed by atoms with E-state index in [1.807, 2.05) is 0 Å². The third-order valence-corrected chi connectivity index (χ3v) is 3.52. The number of rotatable bonds is 4. The zero-order valence-electron chi connectivity index (χ0n) is 8.50. The van der Waals surface area contributed by atoms with E-state index in [1.165, 1.54) is 10.8 Å². The van der Waals surface area contributed by atoms with Gasteiger partial charge in [0.1, 0.15) is 6.20 Å². The van der Waals surface area contributed by atoms with Gasteiger partial charge in [0.15, 0.2) is 0 Å². The van der Waals surface area contributed by atoms with E-state index in [1.54, 1.807) is 0 Å². The Hall–Kier alpha value is -1.37. The Kier molecular flexibility index (Phi) is 2.71. The van der Waals surface area contributed by atoms with E-state index in [0.29, 0.717) is 12.3 Å². The van der Waals surface area contributed by atoms with Crippen molar-refractivity contribution in [3.05, 3.63) is 33.0 Å². The van der Waals surface area contributed by atoms with Crippen molar-refractivity contribution in [2.75, 3.05) is 5.75 Å². The lowest BCUT2D eigenvalue weighted by Crippen LogP contribution is -2.27. The summed E-state index contributed by atoms with van der Waals surface area (Å²) >= 11 is 4.22. The highest BCUT2D eigenvalue weighted by Crippen LogP contribution is 2.47. The molecule has 16 heavy (non-hydrogen) atoms. The summed E-state index contributed by atoms with van der Waals surface area (Å²) in [7, 11) is 0. The van der Waals surface area contributed by atoms with Crippen LogP contribution in [-0.4, -0.2) is 20.2 Å². The Bertz CT molecular complexity index is 481. The van der Waals surface area contributed by atoms with Gasteiger partial charge in [-0.2, -0.15) is 17.6 Å². The maximum absolute atomic E-state index is 11.4. The molecule has 0 radical (unpaired) electrons. The fourth-order valence-electron chi connectivity index (χ4n) is 1.56. The number of aromatic nitrogens is 2. The minimum atomic E-state index is -0.552. The Morgan fingerprint density at radius 3 is 2.81 bits per heavy atom. The molecule has 1 aliphatic carbocycles. The fourth-order valence-corrected chi connectivity index (χ4v) is 1.97. The normalized spacial score (nSPS) is 17.1. The lowest BCUT2D eigenvalue weighted by molar-refractivity contribution is -0.385. The molecular formula is C9H11N3O3S. The molecule has 0 N–H and O–H groups in total. The van der Waals surface area contributed by atoms with E-state index in [4.69, 9.17) is 0 Å². The lowest BCUT2D eigenvalue weighted by Gasteiger charge is -2.12. The van der Waals surface area contributed by atoms with Crippen LogP contribution in [0.15, 0.2) is 17.2 Å². The molecule has 2 rings (SSSR count). The molecule has 0 unspecified atom stereocenters. The van der Waals surface area contributed by atoms with Crippen LogP contribution in [-0.2, 0) is 6.54 Å². The van der Waals surface area contributed by atoms with Gasteiger partial charge in [-0.25, -0.2) is 4.79 Å². The van der Waals surface area contributed by atoms with Crippen LogP contribution >= 0.6 is 12.6 Å². The summed E-state index contributed by atoms with van der Waals surface area (Å²) in [6, 6.07) is 0. The van der Waals surface area contributed by atoms with E-state index in [9.17, 15) is 14.9 Å². The SMILES string of the molecule is O=c1ncc([N+](=O)[O-])cn1CC1(CS)CC1. The topological polar surface area (TPSA) is 78.0 Å². The molecule has 0 aliphatic heterocycles. The number of hydrogen-bond acceptors (Lipinski definition) is 5. The average Bonchev–Trinajstić information content (AvgIpc) is 3.02. The van der Waals surface area contributed by atoms with Crippen molar-refractivity contribution in [1.29, 1.82) is 0 Å². The van der Waals surface area contributed by atoms with Crippen LogP contribution in [0.2, 0.25) is 0 Å². The molecule has 7 heteroatoms. The first-order valence-corrected chi connectivity index (χ1v) is 5.51. The van der Waals surface area contributed by atoms with Crippen LogP contribution < -0.4 is 5.69 Å². The van der Waals surface area contributed by atoms with Crippen LogP contribution in [0.1, 0.15) is 12.8 Å². The smallest absolute Gasteiger partial charge is 0.292 e. The number of hydrogen-bond donors (Lipinski definition) is 1. The van der Waals surface area contributed by atoms with Crippen LogP contribution in [0, 0.1) is 15.5 Å². The third kappa shape index (κ3) is 2.08. The molecule has 6 nitrogen and oxygen atoms in total. The first-order chi connectivity index (χ1) is 7.56. The van der Waals surface area contributed by atoms with Crippen molar-refractivity contribution in [2.45, 2.75) is 19.4 Å². The van der Waals surface area contributed by atoms with Crippen molar-refractivity contribution in [2.24, 2.45) is 5.41 Å². The maximum Gasteiger partial charge on any atom is 0.347 e. The van der Waals surface area contributed by atoms with Crippen molar-refractivity contribution >= 4 is 18.3 Å². The van der Waals surface area contributed by atoms with Gasteiger partial charge in [-0.1, -0.05) is 0 Å². The van der Waals surface area contributed by atoms with E-state index < -0.39 is 10.6 Å². The van der Waals surface area contributed by atoms with Gasteiger partial charge in [-0.3, -0.25) is 14.7 Å². The predicted molar refractivity (Wildman–Crippen MR) is 60.7 cm³/mol. The summed E-state index contributed by atoms with van der Waals surface area (Å²) in [5, 5.41) is 10.6. The number of thiol groups is 1. The van der Waals surface area contributed by atoms with Crippen molar-refractivity contribution in [3.63, 3.8) is 0 Å². The second-order valence-electron chi connectivity index (χ2n) is 4.14. The zero-order chi connectivity index (χ0) is 11.8. The highest BCUT2D eigenvalue weighted by atomic mass is 32.1. The Labute approximate surface area is 96.9 Å². The standard InChI is InChI=1S/C9H11N3O3S/c13-8-10-3-7(12(14)15)4-11(8)5-9(6-16)1-2-9/h3-4,16H,1-2,5-6H2. The molecular weight excluding hydrogens is 230 g/mol. The van der Waals surface area contributed by atoms with E-state index in [0.717, 1.165) is 19.0 Å². The van der Waals surface area contributed by atoms with Gasteiger partial charge in [-0.05, 0) is 24.0 Å². The van der Waals surface area contributed by atoms with Gasteiger partial charge in [0.05, 0.1) is 11.1 Å². The van der Waals surface area contributed by atoms with Crippen LogP contribution in [0.25, 0.3) is 0 Å². The summed E-state index contributed by atoms with van der Waals surface area (Å²) in [4.78, 5) is 24.9. The Balaban J connectivity index is 2.29. The molecule has 1 fully saturated rings. The molecule has 0 amide bonds. The van der Waals surface area contributed by atoms with Crippen LogP contribution in [0.4, 0.5) is 5.69 Å². The first kappa shape index (κ1) is 11.1. The molecule has 86 valence electrons. The van der Waals surface area contributed by atoms with Crippen molar-refractivity contribution in [3.8, 4) is 0 Å². The molecule has 1 aromatic heterocycles. The predicted octanol–water partition coefficient (Wildman–Crippen LogP) is 0.862. The second-order valence-corrected chi connectivity index (χ2v) is 4.45. The Morgan fingerprint density at radius 2 is 2.31 bits per heavy atom. The molecule has 1 saturated carbocycles. The Morgan fingerprint density at radius 1 is 1.62 bits per heavy atom. The maximum atomic E-state index is 11.4. The largest absolute Gasteiger partial charge is 0.347 e. The molecule has 1 heterocycles. The van der Waals surface area contributed by atoms with Crippen molar-refractivity contribution in [1.82, 2.24) is 9.55 Å². The monoisotopic (exact) mass is 241 g/mol. The summed E-state index contributed by atoms with van der Waals surface area (Å²) in [6.45, 7) is 0.462. The van der Waals surface area contributed by atoms with Gasteiger partial charge < -0.3 is 0 Å². The quantitative estimate of drug-likeness (QED) is 0.482. The minimum Gasteiger partial charge on any atom is -0.292 e. The zero-order valence-corrected chi connectivity index (χ0v) is 9.39. The highest BCUT2D eigenvalue weighted by molar-refractivity contribution is 7.80. The van der Waals surface area contributed by atoms with Crippen LogP contribution in [0.3, 0.4) is 0 Å². The summed E-state index contributed by atoms with van der Waals surface area (Å²) in [6.07, 6.45) is 4.25. The first-order valence-electron chi connectivity index (χ1n) is 4.88. The van der Waals surface area contributed by atoms with Gasteiger partial charge in [0.2, 0.25) is 0 Å². The second kappa shape index (κ2) is 3.89. The number of nitro groups is 1. The third-order valence-electron chi connectivity index (χ3n) is 2.85. The summed E-state index contributed by atoms with van der Waals surface area (Å²) < 4.78 is 1.31. The van der Waals surface area contributed by atoms with Crippen LogP contribution in [0.5, 0.6) is 0 Å². The molecule has 0 saturated heterocycles. The molecule has 0 bridgehead atoms. The van der Waals surface area contributed by atoms with E-state index in [2.05, 4.69) is 17.6 Å². The van der Waals surface area contributed by atoms with Gasteiger partial charge >= 0.3 is 11.4 Å². The minimum absolute atomic E-state index is 0.0316. The van der Waals surface area contributed by atoms with E-state index >= 15 is 0 Å². The van der Waals surface area contributed by atoms with Gasteiger partial charge in [-0.15, -0.1) is 0 Å². The molecule has 1 aromatic rings. The molecule has 0 atom stereocenters. The summed E-state index contributed by atoms with van der Waals surface area (Å²) in [5.74, 6) is 0.683. The highest BCUT2D eigenvalue weighted by Gasteiger charge is 2.41.